The van der Waals surface area contributed by atoms with E-state index in [-0.39, 0.29) is 12.3 Å². The Balaban J connectivity index is 1.86. The number of rotatable bonds is 7. The summed E-state index contributed by atoms with van der Waals surface area (Å²) in [5.41, 5.74) is 5.21. The van der Waals surface area contributed by atoms with Crippen LogP contribution in [0.3, 0.4) is 0 Å². The molecule has 0 unspecified atom stereocenters. The first-order valence-corrected chi connectivity index (χ1v) is 10.7. The average Bonchev–Trinajstić information content (AvgIpc) is 3.06. The molecule has 1 atom stereocenters. The number of hydrogen-bond donors (Lipinski definition) is 2. The highest BCUT2D eigenvalue weighted by atomic mass is 16.5. The van der Waals surface area contributed by atoms with E-state index in [2.05, 4.69) is 5.32 Å². The number of hydrogen-bond acceptors (Lipinski definition) is 4. The van der Waals surface area contributed by atoms with Crippen LogP contribution in [0, 0.1) is 13.8 Å². The lowest BCUT2D eigenvalue weighted by atomic mass is 9.96. The van der Waals surface area contributed by atoms with Crippen LogP contribution < -0.4 is 15.0 Å². The van der Waals surface area contributed by atoms with Crippen LogP contribution in [0.1, 0.15) is 29.2 Å². The summed E-state index contributed by atoms with van der Waals surface area (Å²) in [4.78, 5) is 27.3. The quantitative estimate of drug-likeness (QED) is 0.523. The van der Waals surface area contributed by atoms with Gasteiger partial charge in [0.15, 0.2) is 0 Å². The molecule has 6 nitrogen and oxygen atoms in total. The lowest BCUT2D eigenvalue weighted by Gasteiger charge is -2.27. The predicted molar refractivity (Wildman–Crippen MR) is 128 cm³/mol. The van der Waals surface area contributed by atoms with Gasteiger partial charge in [0, 0.05) is 11.4 Å². The molecule has 0 aliphatic carbocycles. The summed E-state index contributed by atoms with van der Waals surface area (Å²) >= 11 is 0. The number of benzene rings is 3. The molecule has 33 heavy (non-hydrogen) atoms. The lowest BCUT2D eigenvalue weighted by Crippen LogP contribution is -2.31. The molecule has 0 radical (unpaired) electrons. The van der Waals surface area contributed by atoms with Gasteiger partial charge in [0.1, 0.15) is 11.4 Å². The van der Waals surface area contributed by atoms with Gasteiger partial charge in [-0.15, -0.1) is 0 Å². The molecule has 1 aliphatic rings. The van der Waals surface area contributed by atoms with Gasteiger partial charge < -0.3 is 15.2 Å². The first-order valence-electron chi connectivity index (χ1n) is 10.7. The van der Waals surface area contributed by atoms with Crippen LogP contribution in [0.5, 0.6) is 5.75 Å². The number of anilines is 2. The van der Waals surface area contributed by atoms with Crippen molar-refractivity contribution in [3.8, 4) is 5.75 Å². The van der Waals surface area contributed by atoms with Crippen molar-refractivity contribution in [1.29, 1.82) is 0 Å². The summed E-state index contributed by atoms with van der Waals surface area (Å²) in [5, 5.41) is 12.9. The van der Waals surface area contributed by atoms with Gasteiger partial charge in [-0.05, 0) is 61.4 Å². The van der Waals surface area contributed by atoms with Gasteiger partial charge in [-0.25, -0.2) is 0 Å². The van der Waals surface area contributed by atoms with Gasteiger partial charge in [0.2, 0.25) is 0 Å². The number of amides is 1. The number of aryl methyl sites for hydroxylation is 2. The van der Waals surface area contributed by atoms with Crippen LogP contribution in [0.15, 0.2) is 84.1 Å². The molecule has 0 saturated carbocycles. The summed E-state index contributed by atoms with van der Waals surface area (Å²) in [7, 11) is 1.59. The maximum absolute atomic E-state index is 13.7. The largest absolute Gasteiger partial charge is 0.497 e. The minimum Gasteiger partial charge on any atom is -0.497 e. The second-order valence-corrected chi connectivity index (χ2v) is 8.15. The van der Waals surface area contributed by atoms with Crippen LogP contribution >= 0.6 is 0 Å². The fraction of sp³-hybridized carbons (Fsp3) is 0.185. The molecule has 0 saturated heterocycles. The van der Waals surface area contributed by atoms with Gasteiger partial charge >= 0.3 is 5.97 Å². The Morgan fingerprint density at radius 1 is 0.939 bits per heavy atom. The second-order valence-electron chi connectivity index (χ2n) is 8.15. The summed E-state index contributed by atoms with van der Waals surface area (Å²) < 4.78 is 5.28. The highest BCUT2D eigenvalue weighted by Crippen LogP contribution is 2.43. The Morgan fingerprint density at radius 2 is 1.52 bits per heavy atom. The van der Waals surface area contributed by atoms with Crippen molar-refractivity contribution in [2.24, 2.45) is 0 Å². The van der Waals surface area contributed by atoms with E-state index >= 15 is 0 Å². The van der Waals surface area contributed by atoms with E-state index in [1.54, 1.807) is 12.0 Å². The SMILES string of the molecule is COc1ccc([C@H]2C(CC(=O)O)=C(Nc3ccc(C)cc3)C(=O)N2c2ccc(C)cc2)cc1. The van der Waals surface area contributed by atoms with E-state index in [4.69, 9.17) is 4.74 Å². The van der Waals surface area contributed by atoms with E-state index in [0.29, 0.717) is 22.7 Å². The minimum atomic E-state index is -0.995. The molecule has 168 valence electrons. The molecule has 2 N–H and O–H groups in total. The molecule has 0 bridgehead atoms. The lowest BCUT2D eigenvalue weighted by molar-refractivity contribution is -0.136. The van der Waals surface area contributed by atoms with E-state index in [1.807, 2.05) is 86.6 Å². The zero-order valence-electron chi connectivity index (χ0n) is 18.8. The molecular weight excluding hydrogens is 416 g/mol. The Bertz CT molecular complexity index is 1200. The smallest absolute Gasteiger partial charge is 0.307 e. The number of nitrogens with zero attached hydrogens (tertiary/aromatic N) is 1. The fourth-order valence-electron chi connectivity index (χ4n) is 4.04. The van der Waals surface area contributed by atoms with E-state index in [1.165, 1.54) is 0 Å². The molecule has 0 spiro atoms. The van der Waals surface area contributed by atoms with E-state index in [0.717, 1.165) is 22.4 Å². The van der Waals surface area contributed by atoms with Gasteiger partial charge in [-0.3, -0.25) is 14.5 Å². The Morgan fingerprint density at radius 3 is 2.06 bits per heavy atom. The summed E-state index contributed by atoms with van der Waals surface area (Å²) in [6.45, 7) is 3.97. The maximum Gasteiger partial charge on any atom is 0.307 e. The second kappa shape index (κ2) is 9.20. The van der Waals surface area contributed by atoms with Crippen molar-refractivity contribution >= 4 is 23.3 Å². The number of carboxylic acid groups (broad SMARTS) is 1. The normalized spacial score (nSPS) is 15.7. The molecule has 0 aromatic heterocycles. The monoisotopic (exact) mass is 442 g/mol. The number of aliphatic carboxylic acids is 1. The number of nitrogens with one attached hydrogen (secondary N) is 1. The zero-order chi connectivity index (χ0) is 23.5. The Labute approximate surface area is 193 Å². The number of methoxy groups -OCH3 is 1. The topological polar surface area (TPSA) is 78.9 Å². The molecule has 1 heterocycles. The standard InChI is InChI=1S/C27H26N2O4/c1-17-4-10-20(11-5-17)28-25-23(16-24(30)31)26(19-8-14-22(33-3)15-9-19)29(27(25)32)21-12-6-18(2)7-13-21/h4-15,26,28H,16H2,1-3H3,(H,30,31)/t26-/m0/s1. The van der Waals surface area contributed by atoms with Crippen molar-refractivity contribution in [2.45, 2.75) is 26.3 Å². The first kappa shape index (κ1) is 22.1. The third-order valence-corrected chi connectivity index (χ3v) is 5.75. The minimum absolute atomic E-state index is 0.265. The van der Waals surface area contributed by atoms with Crippen molar-refractivity contribution in [2.75, 3.05) is 17.3 Å². The highest BCUT2D eigenvalue weighted by Gasteiger charge is 2.42. The molecule has 4 rings (SSSR count). The molecular formula is C27H26N2O4. The number of carboxylic acids is 1. The van der Waals surface area contributed by atoms with Crippen LogP contribution in [-0.4, -0.2) is 24.1 Å². The Hall–Kier alpha value is -4.06. The van der Waals surface area contributed by atoms with Crippen molar-refractivity contribution in [3.63, 3.8) is 0 Å². The van der Waals surface area contributed by atoms with Crippen molar-refractivity contribution < 1.29 is 19.4 Å². The van der Waals surface area contributed by atoms with Gasteiger partial charge in [0.25, 0.3) is 5.91 Å². The van der Waals surface area contributed by atoms with Crippen LogP contribution in [0.2, 0.25) is 0 Å². The zero-order valence-corrected chi connectivity index (χ0v) is 18.8. The molecule has 1 amide bonds. The number of carbonyl (C=O) groups is 2. The molecule has 3 aromatic rings. The van der Waals surface area contributed by atoms with Gasteiger partial charge in [-0.1, -0.05) is 47.5 Å². The van der Waals surface area contributed by atoms with E-state index in [9.17, 15) is 14.7 Å². The summed E-state index contributed by atoms with van der Waals surface area (Å²) in [6, 6.07) is 22.1. The van der Waals surface area contributed by atoms with Gasteiger partial charge in [0.05, 0.1) is 19.6 Å². The highest BCUT2D eigenvalue weighted by molar-refractivity contribution is 6.12. The maximum atomic E-state index is 13.7. The van der Waals surface area contributed by atoms with E-state index < -0.39 is 12.0 Å². The molecule has 6 heteroatoms. The van der Waals surface area contributed by atoms with Crippen molar-refractivity contribution in [3.05, 3.63) is 101 Å². The summed E-state index contributed by atoms with van der Waals surface area (Å²) in [6.07, 6.45) is -0.265. The first-order chi connectivity index (χ1) is 15.9. The fourth-order valence-corrected chi connectivity index (χ4v) is 4.04. The molecule has 1 aliphatic heterocycles. The van der Waals surface area contributed by atoms with Gasteiger partial charge in [-0.2, -0.15) is 0 Å². The third-order valence-electron chi connectivity index (χ3n) is 5.75. The predicted octanol–water partition coefficient (Wildman–Crippen LogP) is 5.24. The van der Waals surface area contributed by atoms with Crippen molar-refractivity contribution in [1.82, 2.24) is 0 Å². The number of carbonyl (C=O) groups excluding carboxylic acids is 1. The van der Waals surface area contributed by atoms with Crippen LogP contribution in [0.25, 0.3) is 0 Å². The van der Waals surface area contributed by atoms with Crippen LogP contribution in [0.4, 0.5) is 11.4 Å². The third kappa shape index (κ3) is 4.60. The van der Waals surface area contributed by atoms with Crippen LogP contribution in [-0.2, 0) is 9.59 Å². The Kier molecular flexibility index (Phi) is 6.18. The summed E-state index contributed by atoms with van der Waals surface area (Å²) in [5.74, 6) is -0.575. The average molecular weight is 443 g/mol. The molecule has 3 aromatic carbocycles. The number of ether oxygens (including phenoxy) is 1. The molecule has 0 fully saturated rings.